The quantitative estimate of drug-likeness (QED) is 0.465. The van der Waals surface area contributed by atoms with Gasteiger partial charge in [0.15, 0.2) is 0 Å². The zero-order chi connectivity index (χ0) is 8.49. The van der Waals surface area contributed by atoms with Crippen LogP contribution >= 0.6 is 0 Å². The molecule has 0 spiro atoms. The first-order valence-electron chi connectivity index (χ1n) is 4.75. The fourth-order valence-electron chi connectivity index (χ4n) is 1.16. The maximum atomic E-state index is 4.36. The van der Waals surface area contributed by atoms with Crippen LogP contribution in [0.5, 0.6) is 0 Å². The van der Waals surface area contributed by atoms with E-state index in [1.165, 1.54) is 0 Å². The molecule has 0 aliphatic carbocycles. The van der Waals surface area contributed by atoms with Crippen LogP contribution in [0, 0.1) is 0 Å². The minimum absolute atomic E-state index is 0. The van der Waals surface area contributed by atoms with E-state index in [4.69, 9.17) is 0 Å². The fraction of sp³-hybridized carbons (Fsp3) is 1.00. The molecule has 13 heavy (non-hydrogen) atoms. The van der Waals surface area contributed by atoms with Crippen LogP contribution in [0.2, 0.25) is 0 Å². The molecule has 5 heteroatoms. The molecule has 0 bridgehead atoms. The van der Waals surface area contributed by atoms with Gasteiger partial charge in [-0.15, -0.1) is 13.1 Å². The first kappa shape index (κ1) is 13.6. The Labute approximate surface area is 95.5 Å². The molecule has 0 unspecified atom stereocenters. The van der Waals surface area contributed by atoms with E-state index in [0.717, 1.165) is 52.4 Å². The molecular weight excluding hydrogens is 200 g/mol. The minimum Gasteiger partial charge on any atom is -0.660 e. The molecule has 0 aromatic rings. The van der Waals surface area contributed by atoms with Crippen molar-refractivity contribution in [2.45, 2.75) is 0 Å². The molecule has 0 aromatic heterocycles. The molecule has 1 heterocycles. The molecular formula is C8H19N4Ti-. The summed E-state index contributed by atoms with van der Waals surface area (Å²) in [5, 5.41) is 14.4. The number of nitrogens with one attached hydrogen (secondary N) is 3. The van der Waals surface area contributed by atoms with Crippen molar-refractivity contribution < 1.29 is 21.7 Å². The van der Waals surface area contributed by atoms with Crippen molar-refractivity contribution in [3.63, 3.8) is 0 Å². The third-order valence-electron chi connectivity index (χ3n) is 1.85. The Kier molecular flexibility index (Phi) is 11.1. The SMILES string of the molecule is C1CNCCNCCNCC[N-]1.[Ti]. The summed E-state index contributed by atoms with van der Waals surface area (Å²) in [4.78, 5) is 0. The van der Waals surface area contributed by atoms with Gasteiger partial charge in [-0.3, -0.25) is 0 Å². The number of nitrogens with zero attached hydrogens (tertiary/aromatic N) is 1. The zero-order valence-corrected chi connectivity index (χ0v) is 9.67. The van der Waals surface area contributed by atoms with E-state index in [9.17, 15) is 0 Å². The van der Waals surface area contributed by atoms with Gasteiger partial charge in [0.2, 0.25) is 0 Å². The smallest absolute Gasteiger partial charge is 0.00772 e. The van der Waals surface area contributed by atoms with E-state index in [0.29, 0.717) is 0 Å². The summed E-state index contributed by atoms with van der Waals surface area (Å²) >= 11 is 0. The molecule has 0 saturated carbocycles. The zero-order valence-electron chi connectivity index (χ0n) is 8.10. The summed E-state index contributed by atoms with van der Waals surface area (Å²) in [6.45, 7) is 8.14. The van der Waals surface area contributed by atoms with Gasteiger partial charge in [0, 0.05) is 47.9 Å². The second-order valence-electron chi connectivity index (χ2n) is 2.92. The standard InChI is InChI=1S/C8H19N4.Ti/c1-2-10-5-6-12-8-7-11-4-3-9-1;/h9-11H,1-8H2;/q-1;. The van der Waals surface area contributed by atoms with Crippen LogP contribution in [0.1, 0.15) is 0 Å². The van der Waals surface area contributed by atoms with Crippen molar-refractivity contribution in [2.75, 3.05) is 52.4 Å². The third kappa shape index (κ3) is 8.87. The van der Waals surface area contributed by atoms with Gasteiger partial charge in [-0.05, 0) is 13.1 Å². The van der Waals surface area contributed by atoms with Crippen molar-refractivity contribution in [1.29, 1.82) is 0 Å². The first-order valence-corrected chi connectivity index (χ1v) is 4.75. The maximum absolute atomic E-state index is 4.36. The minimum atomic E-state index is 0. The predicted molar refractivity (Wildman–Crippen MR) is 51.7 cm³/mol. The average molecular weight is 219 g/mol. The molecule has 0 radical (unpaired) electrons. The molecule has 3 N–H and O–H groups in total. The van der Waals surface area contributed by atoms with E-state index in [2.05, 4.69) is 21.3 Å². The third-order valence-corrected chi connectivity index (χ3v) is 1.85. The van der Waals surface area contributed by atoms with Gasteiger partial charge in [-0.1, -0.05) is 0 Å². The van der Waals surface area contributed by atoms with Crippen LogP contribution < -0.4 is 16.0 Å². The van der Waals surface area contributed by atoms with E-state index >= 15 is 0 Å². The fourth-order valence-corrected chi connectivity index (χ4v) is 1.16. The molecule has 1 saturated heterocycles. The molecule has 0 aromatic carbocycles. The maximum Gasteiger partial charge on any atom is 0.00772 e. The molecule has 1 rings (SSSR count). The van der Waals surface area contributed by atoms with Gasteiger partial charge in [0.25, 0.3) is 0 Å². The van der Waals surface area contributed by atoms with E-state index in [-0.39, 0.29) is 21.7 Å². The number of hydrogen-bond acceptors (Lipinski definition) is 3. The normalized spacial score (nSPS) is 22.2. The van der Waals surface area contributed by atoms with Crippen molar-refractivity contribution in [3.8, 4) is 0 Å². The monoisotopic (exact) mass is 219 g/mol. The van der Waals surface area contributed by atoms with Crippen LogP contribution in [-0.4, -0.2) is 52.4 Å². The Balaban J connectivity index is 0.00000144. The van der Waals surface area contributed by atoms with E-state index < -0.39 is 0 Å². The largest absolute Gasteiger partial charge is 0.660 e. The van der Waals surface area contributed by atoms with Crippen LogP contribution in [-0.2, 0) is 21.7 Å². The summed E-state index contributed by atoms with van der Waals surface area (Å²) in [7, 11) is 0. The first-order chi connectivity index (χ1) is 6.00. The Morgan fingerprint density at radius 1 is 0.615 bits per heavy atom. The number of rotatable bonds is 0. The van der Waals surface area contributed by atoms with Crippen molar-refractivity contribution in [3.05, 3.63) is 5.32 Å². The second kappa shape index (κ2) is 10.6. The summed E-state index contributed by atoms with van der Waals surface area (Å²) < 4.78 is 0. The van der Waals surface area contributed by atoms with Crippen molar-refractivity contribution in [1.82, 2.24) is 16.0 Å². The van der Waals surface area contributed by atoms with Gasteiger partial charge in [-0.25, -0.2) is 0 Å². The van der Waals surface area contributed by atoms with Gasteiger partial charge < -0.3 is 21.3 Å². The molecule has 0 amide bonds. The predicted octanol–water partition coefficient (Wildman–Crippen LogP) is -0.860. The second-order valence-corrected chi connectivity index (χ2v) is 2.92. The molecule has 76 valence electrons. The Hall–Kier alpha value is 0.554. The molecule has 4 nitrogen and oxygen atoms in total. The Bertz CT molecular complexity index is 59.1. The summed E-state index contributed by atoms with van der Waals surface area (Å²) in [6, 6.07) is 0. The van der Waals surface area contributed by atoms with Gasteiger partial charge in [0.05, 0.1) is 0 Å². The summed E-state index contributed by atoms with van der Waals surface area (Å²) in [5.41, 5.74) is 0. The average Bonchev–Trinajstić information content (AvgIpc) is 2.05. The van der Waals surface area contributed by atoms with Crippen LogP contribution in [0.15, 0.2) is 0 Å². The van der Waals surface area contributed by atoms with Crippen LogP contribution in [0.3, 0.4) is 0 Å². The molecule has 1 aliphatic heterocycles. The van der Waals surface area contributed by atoms with Gasteiger partial charge >= 0.3 is 0 Å². The van der Waals surface area contributed by atoms with E-state index in [1.807, 2.05) is 0 Å². The molecule has 1 aliphatic rings. The van der Waals surface area contributed by atoms with Crippen LogP contribution in [0.25, 0.3) is 5.32 Å². The Morgan fingerprint density at radius 3 is 1.46 bits per heavy atom. The van der Waals surface area contributed by atoms with Gasteiger partial charge in [0.1, 0.15) is 0 Å². The van der Waals surface area contributed by atoms with E-state index in [1.54, 1.807) is 0 Å². The topological polar surface area (TPSA) is 50.2 Å². The molecule has 0 atom stereocenters. The summed E-state index contributed by atoms with van der Waals surface area (Å²) in [6.07, 6.45) is 0. The van der Waals surface area contributed by atoms with Crippen LogP contribution in [0.4, 0.5) is 0 Å². The summed E-state index contributed by atoms with van der Waals surface area (Å²) in [5.74, 6) is 0. The Morgan fingerprint density at radius 2 is 1.00 bits per heavy atom. The van der Waals surface area contributed by atoms with Gasteiger partial charge in [-0.2, -0.15) is 0 Å². The molecule has 1 fully saturated rings. The van der Waals surface area contributed by atoms with Crippen molar-refractivity contribution >= 4 is 0 Å². The van der Waals surface area contributed by atoms with Crippen molar-refractivity contribution in [2.24, 2.45) is 0 Å². The number of hydrogen-bond donors (Lipinski definition) is 3.